The van der Waals surface area contributed by atoms with Crippen molar-refractivity contribution in [1.82, 2.24) is 15.1 Å². The van der Waals surface area contributed by atoms with Crippen molar-refractivity contribution in [3.05, 3.63) is 76.4 Å². The van der Waals surface area contributed by atoms with Crippen molar-refractivity contribution >= 4 is 29.6 Å². The van der Waals surface area contributed by atoms with Gasteiger partial charge in [-0.1, -0.05) is 44.2 Å². The van der Waals surface area contributed by atoms with E-state index >= 15 is 0 Å². The predicted octanol–water partition coefficient (Wildman–Crippen LogP) is 3.81. The highest BCUT2D eigenvalue weighted by molar-refractivity contribution is 6.41. The number of nitrogens with one attached hydrogen (secondary N) is 1. The molecule has 1 spiro atoms. The molecule has 2 aromatic rings. The molecule has 0 saturated carbocycles. The molecule has 2 aliphatic heterocycles. The highest BCUT2D eigenvalue weighted by atomic mass is 19.1. The smallest absolute Gasteiger partial charge is 0.312 e. The number of fused-ring (bicyclic) bond motifs is 1. The van der Waals surface area contributed by atoms with Crippen molar-refractivity contribution in [3.8, 4) is 0 Å². The van der Waals surface area contributed by atoms with Gasteiger partial charge in [-0.15, -0.1) is 0 Å². The van der Waals surface area contributed by atoms with Crippen molar-refractivity contribution in [1.29, 1.82) is 0 Å². The Labute approximate surface area is 213 Å². The van der Waals surface area contributed by atoms with Crippen molar-refractivity contribution < 1.29 is 23.2 Å². The molecule has 0 aromatic heterocycles. The zero-order valence-corrected chi connectivity index (χ0v) is 21.1. The van der Waals surface area contributed by atoms with Crippen LogP contribution < -0.4 is 5.32 Å². The first kappa shape index (κ1) is 24.8. The standard InChI is InChI=1S/C28H28F2N4O3/c1-16(2)23-24(35)34(27(3,32-23)20-11-21(29)13-22(30)12-20)9-5-6-17-7-8-18-14-28(15-19(18)10-17)25(36)31-26(37)33(28)4/h5-8,10-13,16H,9,14-15H2,1-4H3,(H,31,36,37). The fourth-order valence-corrected chi connectivity index (χ4v) is 5.48. The van der Waals surface area contributed by atoms with Gasteiger partial charge >= 0.3 is 6.03 Å². The Kier molecular flexibility index (Phi) is 5.77. The summed E-state index contributed by atoms with van der Waals surface area (Å²) in [6.45, 7) is 5.57. The lowest BCUT2D eigenvalue weighted by molar-refractivity contribution is -0.127. The third kappa shape index (κ3) is 3.93. The number of benzene rings is 2. The predicted molar refractivity (Wildman–Crippen MR) is 135 cm³/mol. The number of hydrogen-bond acceptors (Lipinski definition) is 4. The molecule has 2 atom stereocenters. The van der Waals surface area contributed by atoms with Gasteiger partial charge in [-0.25, -0.2) is 13.6 Å². The number of amides is 4. The summed E-state index contributed by atoms with van der Waals surface area (Å²) in [4.78, 5) is 45.4. The maximum Gasteiger partial charge on any atom is 0.324 e. The van der Waals surface area contributed by atoms with E-state index in [0.29, 0.717) is 18.6 Å². The van der Waals surface area contributed by atoms with Crippen LogP contribution in [0.5, 0.6) is 0 Å². The van der Waals surface area contributed by atoms with Gasteiger partial charge in [0.2, 0.25) is 0 Å². The van der Waals surface area contributed by atoms with E-state index in [2.05, 4.69) is 10.3 Å². The summed E-state index contributed by atoms with van der Waals surface area (Å²) < 4.78 is 28.1. The lowest BCUT2D eigenvalue weighted by Gasteiger charge is -2.33. The van der Waals surface area contributed by atoms with Crippen LogP contribution in [0.3, 0.4) is 0 Å². The summed E-state index contributed by atoms with van der Waals surface area (Å²) in [7, 11) is 1.63. The molecule has 1 saturated heterocycles. The molecule has 1 N–H and O–H groups in total. The molecule has 1 aliphatic carbocycles. The van der Waals surface area contributed by atoms with Crippen molar-refractivity contribution in [2.45, 2.75) is 44.8 Å². The molecule has 2 unspecified atom stereocenters. The van der Waals surface area contributed by atoms with E-state index in [0.717, 1.165) is 22.8 Å². The van der Waals surface area contributed by atoms with E-state index in [9.17, 15) is 23.2 Å². The molecule has 1 fully saturated rings. The molecule has 3 aliphatic rings. The Morgan fingerprint density at radius 2 is 1.73 bits per heavy atom. The molecule has 2 heterocycles. The van der Waals surface area contributed by atoms with Gasteiger partial charge in [0.1, 0.15) is 22.9 Å². The minimum Gasteiger partial charge on any atom is -0.312 e. The van der Waals surface area contributed by atoms with Gasteiger partial charge in [-0.3, -0.25) is 19.9 Å². The van der Waals surface area contributed by atoms with Gasteiger partial charge in [-0.2, -0.15) is 0 Å². The van der Waals surface area contributed by atoms with Crippen LogP contribution >= 0.6 is 0 Å². The monoisotopic (exact) mass is 506 g/mol. The summed E-state index contributed by atoms with van der Waals surface area (Å²) in [5.74, 6) is -2.17. The number of urea groups is 1. The van der Waals surface area contributed by atoms with Crippen LogP contribution in [-0.4, -0.2) is 52.5 Å². The zero-order valence-electron chi connectivity index (χ0n) is 21.1. The van der Waals surface area contributed by atoms with Crippen molar-refractivity contribution in [2.75, 3.05) is 13.6 Å². The number of aliphatic imine (C=N–C) groups is 1. The summed E-state index contributed by atoms with van der Waals surface area (Å²) in [5, 5.41) is 2.40. The number of imide groups is 1. The van der Waals surface area contributed by atoms with Crippen LogP contribution in [0.15, 0.2) is 47.5 Å². The number of nitrogens with zero attached hydrogens (tertiary/aromatic N) is 3. The summed E-state index contributed by atoms with van der Waals surface area (Å²) in [5.41, 5.74) is 1.35. The zero-order chi connectivity index (χ0) is 26.7. The minimum absolute atomic E-state index is 0.152. The second-order valence-electron chi connectivity index (χ2n) is 10.4. The first-order valence-electron chi connectivity index (χ1n) is 12.2. The molecule has 37 heavy (non-hydrogen) atoms. The van der Waals surface area contributed by atoms with Gasteiger partial charge in [0, 0.05) is 44.0 Å². The Bertz CT molecular complexity index is 1380. The lowest BCUT2D eigenvalue weighted by atomic mass is 9.95. The molecular weight excluding hydrogens is 478 g/mol. The SMILES string of the molecule is CC(C)C1=NC(C)(c2cc(F)cc(F)c2)N(CC=Cc2ccc3c(c2)CC2(C3)C(=O)NC(=O)N2C)C1=O. The van der Waals surface area contributed by atoms with E-state index < -0.39 is 28.9 Å². The third-order valence-corrected chi connectivity index (χ3v) is 7.67. The average molecular weight is 507 g/mol. The number of rotatable bonds is 5. The molecule has 0 radical (unpaired) electrons. The Morgan fingerprint density at radius 1 is 1.05 bits per heavy atom. The Morgan fingerprint density at radius 3 is 2.35 bits per heavy atom. The van der Waals surface area contributed by atoms with Gasteiger partial charge in [0.25, 0.3) is 11.8 Å². The van der Waals surface area contributed by atoms with Gasteiger partial charge < -0.3 is 9.80 Å². The number of halogens is 2. The minimum atomic E-state index is -1.25. The maximum absolute atomic E-state index is 14.0. The second-order valence-corrected chi connectivity index (χ2v) is 10.4. The van der Waals surface area contributed by atoms with Crippen LogP contribution in [0.4, 0.5) is 13.6 Å². The average Bonchev–Trinajstić information content (AvgIpc) is 3.41. The van der Waals surface area contributed by atoms with Crippen LogP contribution in [0, 0.1) is 17.6 Å². The highest BCUT2D eigenvalue weighted by Crippen LogP contribution is 2.39. The van der Waals surface area contributed by atoms with Gasteiger partial charge in [0.05, 0.1) is 0 Å². The van der Waals surface area contributed by atoms with Gasteiger partial charge in [-0.05, 0) is 35.7 Å². The maximum atomic E-state index is 14.0. The fourth-order valence-electron chi connectivity index (χ4n) is 5.48. The Balaban J connectivity index is 1.39. The molecule has 4 amide bonds. The van der Waals surface area contributed by atoms with Crippen molar-refractivity contribution in [3.63, 3.8) is 0 Å². The third-order valence-electron chi connectivity index (χ3n) is 7.67. The molecule has 7 nitrogen and oxygen atoms in total. The summed E-state index contributed by atoms with van der Waals surface area (Å²) in [6, 6.07) is 8.67. The second kappa shape index (κ2) is 8.61. The summed E-state index contributed by atoms with van der Waals surface area (Å²) >= 11 is 0. The fraction of sp³-hybridized carbons (Fsp3) is 0.357. The quantitative estimate of drug-likeness (QED) is 0.627. The lowest BCUT2D eigenvalue weighted by Crippen LogP contribution is -2.48. The first-order chi connectivity index (χ1) is 17.4. The topological polar surface area (TPSA) is 82.1 Å². The number of likely N-dealkylation sites (N-methyl/N-ethyl adjacent to an activating group) is 1. The molecule has 192 valence electrons. The van der Waals surface area contributed by atoms with Crippen molar-refractivity contribution in [2.24, 2.45) is 10.9 Å². The normalized spacial score (nSPS) is 25.2. The van der Waals surface area contributed by atoms with E-state index in [1.54, 1.807) is 14.0 Å². The number of carbonyl (C=O) groups is 3. The first-order valence-corrected chi connectivity index (χ1v) is 12.2. The van der Waals surface area contributed by atoms with Crippen LogP contribution in [0.25, 0.3) is 6.08 Å². The molecule has 2 aromatic carbocycles. The largest absolute Gasteiger partial charge is 0.324 e. The number of carbonyl (C=O) groups excluding carboxylic acids is 3. The van der Waals surface area contributed by atoms with Crippen LogP contribution in [-0.2, 0) is 28.1 Å². The Hall–Kier alpha value is -3.88. The van der Waals surface area contributed by atoms with Crippen LogP contribution in [0.2, 0.25) is 0 Å². The molecule has 0 bridgehead atoms. The van der Waals surface area contributed by atoms with Gasteiger partial charge in [0.15, 0.2) is 5.66 Å². The van der Waals surface area contributed by atoms with E-state index in [4.69, 9.17) is 0 Å². The van der Waals surface area contributed by atoms with E-state index in [1.807, 2.05) is 44.2 Å². The highest BCUT2D eigenvalue weighted by Gasteiger charge is 2.54. The van der Waals surface area contributed by atoms with E-state index in [-0.39, 0.29) is 29.8 Å². The molecule has 5 rings (SSSR count). The van der Waals surface area contributed by atoms with E-state index in [1.165, 1.54) is 21.9 Å². The molecule has 9 heteroatoms. The molecular formula is C28H28F2N4O3. The summed E-state index contributed by atoms with van der Waals surface area (Å²) in [6.07, 6.45) is 4.56. The van der Waals surface area contributed by atoms with Crippen LogP contribution in [0.1, 0.15) is 43.0 Å². The number of hydrogen-bond donors (Lipinski definition) is 1.